The van der Waals surface area contributed by atoms with Crippen molar-refractivity contribution in [2.24, 2.45) is 0 Å². The van der Waals surface area contributed by atoms with Crippen LogP contribution >= 0.6 is 0 Å². The van der Waals surface area contributed by atoms with Crippen LogP contribution in [0, 0.1) is 13.8 Å². The van der Waals surface area contributed by atoms with Crippen LogP contribution in [0.2, 0.25) is 0 Å². The maximum atomic E-state index is 3.54. The van der Waals surface area contributed by atoms with Crippen LogP contribution in [0.25, 0.3) is 0 Å². The fraction of sp³-hybridized carbons (Fsp3) is 0.500. The molecule has 33 valence electrons. The number of rotatable bonds is 1. The van der Waals surface area contributed by atoms with Crippen LogP contribution in [0.1, 0.15) is 12.8 Å². The normalized spacial score (nSPS) is 6.00. The van der Waals surface area contributed by atoms with E-state index in [1.54, 1.807) is 0 Å². The Bertz CT molecular complexity index is 5.61. The summed E-state index contributed by atoms with van der Waals surface area (Å²) in [5.41, 5.74) is 0. The molecule has 0 fully saturated rings. The zero-order chi connectivity index (χ0) is 3.41. The van der Waals surface area contributed by atoms with Gasteiger partial charge >= 0.3 is 0 Å². The summed E-state index contributed by atoms with van der Waals surface area (Å²) < 4.78 is 0. The van der Waals surface area contributed by atoms with Crippen molar-refractivity contribution in [1.29, 1.82) is 0 Å². The summed E-state index contributed by atoms with van der Waals surface area (Å²) in [5, 5.41) is 0. The summed E-state index contributed by atoms with van der Waals surface area (Å²) in [6, 6.07) is 0. The van der Waals surface area contributed by atoms with Gasteiger partial charge in [0.1, 0.15) is 0 Å². The number of hydrogen-bond acceptors (Lipinski definition) is 0. The first-order valence-corrected chi connectivity index (χ1v) is 1.50. The van der Waals surface area contributed by atoms with Gasteiger partial charge in [0.05, 0.1) is 0 Å². The molecule has 0 spiro atoms. The summed E-state index contributed by atoms with van der Waals surface area (Å²) in [7, 11) is 0. The maximum absolute atomic E-state index is 3.54. The smallest absolute Gasteiger partial charge is 0 e. The van der Waals surface area contributed by atoms with E-state index < -0.39 is 0 Å². The molecule has 0 aromatic heterocycles. The van der Waals surface area contributed by atoms with Crippen LogP contribution in [0.15, 0.2) is 0 Å². The SMILES string of the molecule is [CH2-]CC[CH2-].[Re]. The molecule has 0 nitrogen and oxygen atoms in total. The summed E-state index contributed by atoms with van der Waals surface area (Å²) in [4.78, 5) is 0. The van der Waals surface area contributed by atoms with Crippen molar-refractivity contribution in [2.45, 2.75) is 12.8 Å². The third-order valence-corrected chi connectivity index (χ3v) is 0.250. The van der Waals surface area contributed by atoms with Crippen LogP contribution < -0.4 is 0 Å². The molecule has 1 radical (unpaired) electrons. The molecule has 5 heavy (non-hydrogen) atoms. The van der Waals surface area contributed by atoms with Crippen LogP contribution in [-0.4, -0.2) is 0 Å². The standard InChI is InChI=1S/C4H8.Re/c1-3-4-2;/h1-4H2;/q-2;. The number of hydrogen-bond donors (Lipinski definition) is 0. The van der Waals surface area contributed by atoms with Gasteiger partial charge in [0.2, 0.25) is 0 Å². The van der Waals surface area contributed by atoms with Crippen LogP contribution in [0.3, 0.4) is 0 Å². The molecule has 0 N–H and O–H groups in total. The van der Waals surface area contributed by atoms with Gasteiger partial charge in [0, 0.05) is 20.4 Å². The van der Waals surface area contributed by atoms with Crippen LogP contribution in [-0.2, 0) is 20.4 Å². The van der Waals surface area contributed by atoms with Crippen molar-refractivity contribution in [2.75, 3.05) is 0 Å². The van der Waals surface area contributed by atoms with Crippen molar-refractivity contribution >= 4 is 0 Å². The maximum Gasteiger partial charge on any atom is 0 e. The Labute approximate surface area is 47.6 Å². The van der Waals surface area contributed by atoms with E-state index in [1.807, 2.05) is 0 Å². The van der Waals surface area contributed by atoms with E-state index in [4.69, 9.17) is 0 Å². The topological polar surface area (TPSA) is 0 Å². The first-order valence-electron chi connectivity index (χ1n) is 1.50. The van der Waals surface area contributed by atoms with Gasteiger partial charge in [-0.15, -0.1) is 0 Å². The molecule has 0 saturated heterocycles. The third kappa shape index (κ3) is 12.0. The molecule has 0 unspecified atom stereocenters. The fourth-order valence-electron chi connectivity index (χ4n) is 0. The van der Waals surface area contributed by atoms with E-state index >= 15 is 0 Å². The van der Waals surface area contributed by atoms with Crippen molar-refractivity contribution in [3.63, 3.8) is 0 Å². The molecule has 0 aliphatic carbocycles. The zero-order valence-corrected chi connectivity index (χ0v) is 5.92. The summed E-state index contributed by atoms with van der Waals surface area (Å²) >= 11 is 0. The Balaban J connectivity index is 0. The van der Waals surface area contributed by atoms with E-state index in [2.05, 4.69) is 13.8 Å². The first-order chi connectivity index (χ1) is 1.91. The average Bonchev–Trinajstić information content (AvgIpc) is 1.37. The van der Waals surface area contributed by atoms with E-state index in [9.17, 15) is 0 Å². The molecule has 0 aliphatic rings. The van der Waals surface area contributed by atoms with Gasteiger partial charge in [-0.05, 0) is 0 Å². The van der Waals surface area contributed by atoms with Gasteiger partial charge in [0.15, 0.2) is 0 Å². The van der Waals surface area contributed by atoms with Gasteiger partial charge in [0.25, 0.3) is 0 Å². The van der Waals surface area contributed by atoms with Gasteiger partial charge in [-0.25, -0.2) is 12.8 Å². The molecule has 0 amide bonds. The molecule has 0 aromatic rings. The quantitative estimate of drug-likeness (QED) is 0.610. The first kappa shape index (κ1) is 9.18. The van der Waals surface area contributed by atoms with E-state index in [1.165, 1.54) is 0 Å². The molecular formula is C4H8Re-2. The molecular weight excluding hydrogens is 234 g/mol. The van der Waals surface area contributed by atoms with Crippen molar-refractivity contribution < 1.29 is 20.4 Å². The molecule has 0 aliphatic heterocycles. The zero-order valence-electron chi connectivity index (χ0n) is 3.21. The molecule has 0 rings (SSSR count). The second-order valence-electron chi connectivity index (χ2n) is 0.707. The van der Waals surface area contributed by atoms with E-state index in [-0.39, 0.29) is 20.4 Å². The van der Waals surface area contributed by atoms with Gasteiger partial charge in [-0.1, -0.05) is 0 Å². The molecule has 0 atom stereocenters. The monoisotopic (exact) mass is 243 g/mol. The fourth-order valence-corrected chi connectivity index (χ4v) is 0. The molecule has 0 heterocycles. The predicted octanol–water partition coefficient (Wildman–Crippen LogP) is 1.43. The summed E-state index contributed by atoms with van der Waals surface area (Å²) in [6.45, 7) is 7.08. The Morgan fingerprint density at radius 1 is 1.00 bits per heavy atom. The van der Waals surface area contributed by atoms with Crippen LogP contribution in [0.5, 0.6) is 0 Å². The van der Waals surface area contributed by atoms with Gasteiger partial charge < -0.3 is 13.8 Å². The van der Waals surface area contributed by atoms with E-state index in [0.29, 0.717) is 0 Å². The van der Waals surface area contributed by atoms with Crippen molar-refractivity contribution in [1.82, 2.24) is 0 Å². The minimum atomic E-state index is 0. The average molecular weight is 242 g/mol. The Kier molecular flexibility index (Phi) is 16.2. The molecule has 1 heteroatoms. The summed E-state index contributed by atoms with van der Waals surface area (Å²) in [5.74, 6) is 0. The predicted molar refractivity (Wildman–Crippen MR) is 19.9 cm³/mol. The minimum Gasteiger partial charge on any atom is -0.346 e. The second kappa shape index (κ2) is 8.82. The molecule has 0 saturated carbocycles. The summed E-state index contributed by atoms with van der Waals surface area (Å²) in [6.07, 6.45) is 1.92. The third-order valence-electron chi connectivity index (χ3n) is 0.250. The minimum absolute atomic E-state index is 0. The van der Waals surface area contributed by atoms with Gasteiger partial charge in [-0.3, -0.25) is 0 Å². The van der Waals surface area contributed by atoms with Crippen molar-refractivity contribution in [3.05, 3.63) is 13.8 Å². The van der Waals surface area contributed by atoms with E-state index in [0.717, 1.165) is 12.8 Å². The molecule has 0 aromatic carbocycles. The Hall–Kier alpha value is 0.662. The Morgan fingerprint density at radius 2 is 1.20 bits per heavy atom. The van der Waals surface area contributed by atoms with Gasteiger partial charge in [-0.2, -0.15) is 0 Å². The molecule has 0 bridgehead atoms. The second-order valence-corrected chi connectivity index (χ2v) is 0.707. The largest absolute Gasteiger partial charge is 0.346 e. The Morgan fingerprint density at radius 3 is 1.20 bits per heavy atom. The van der Waals surface area contributed by atoms with Crippen LogP contribution in [0.4, 0.5) is 0 Å². The number of unbranched alkanes of at least 4 members (excludes halogenated alkanes) is 1. The van der Waals surface area contributed by atoms with Crippen molar-refractivity contribution in [3.8, 4) is 0 Å².